The van der Waals surface area contributed by atoms with Gasteiger partial charge in [0.2, 0.25) is 0 Å². The van der Waals surface area contributed by atoms with Crippen LogP contribution in [0, 0.1) is 13.8 Å². The van der Waals surface area contributed by atoms with Gasteiger partial charge < -0.3 is 15.6 Å². The zero-order valence-corrected chi connectivity index (χ0v) is 10.4. The molecule has 16 heavy (non-hydrogen) atoms. The predicted molar refractivity (Wildman–Crippen MR) is 66.7 cm³/mol. The third kappa shape index (κ3) is 2.16. The predicted octanol–water partition coefficient (Wildman–Crippen LogP) is 1.70. The molecule has 0 aliphatic heterocycles. The zero-order chi connectivity index (χ0) is 11.7. The van der Waals surface area contributed by atoms with E-state index < -0.39 is 0 Å². The van der Waals surface area contributed by atoms with E-state index in [2.05, 4.69) is 20.3 Å². The molecule has 5 nitrogen and oxygen atoms in total. The van der Waals surface area contributed by atoms with E-state index >= 15 is 0 Å². The Labute approximate surface area is 98.3 Å². The van der Waals surface area contributed by atoms with Crippen LogP contribution in [-0.4, -0.2) is 22.0 Å². The Morgan fingerprint density at radius 3 is 2.69 bits per heavy atom. The third-order valence-corrected chi connectivity index (χ3v) is 3.08. The maximum atomic E-state index is 5.82. The van der Waals surface area contributed by atoms with Crippen molar-refractivity contribution >= 4 is 23.0 Å². The van der Waals surface area contributed by atoms with Gasteiger partial charge in [0.25, 0.3) is 0 Å². The molecule has 3 N–H and O–H groups in total. The molecule has 0 spiro atoms. The van der Waals surface area contributed by atoms with Gasteiger partial charge in [0.1, 0.15) is 11.6 Å². The number of rotatable bonds is 3. The lowest BCUT2D eigenvalue weighted by Crippen LogP contribution is -2.18. The van der Waals surface area contributed by atoms with E-state index in [1.54, 1.807) is 11.3 Å². The fourth-order valence-electron chi connectivity index (χ4n) is 1.59. The first-order valence-electron chi connectivity index (χ1n) is 5.00. The van der Waals surface area contributed by atoms with E-state index in [0.717, 1.165) is 28.9 Å². The number of nitrogens with one attached hydrogen (secondary N) is 1. The van der Waals surface area contributed by atoms with Crippen LogP contribution in [0.2, 0.25) is 0 Å². The highest BCUT2D eigenvalue weighted by Crippen LogP contribution is 2.20. The highest BCUT2D eigenvalue weighted by atomic mass is 32.1. The molecule has 0 aliphatic carbocycles. The summed E-state index contributed by atoms with van der Waals surface area (Å²) < 4.78 is 0. The number of imidazole rings is 1. The second-order valence-electron chi connectivity index (χ2n) is 3.77. The summed E-state index contributed by atoms with van der Waals surface area (Å²) in [4.78, 5) is 13.7. The van der Waals surface area contributed by atoms with Crippen LogP contribution >= 0.6 is 11.3 Å². The second kappa shape index (κ2) is 4.13. The summed E-state index contributed by atoms with van der Waals surface area (Å²) in [5, 5.41) is 3.14. The van der Waals surface area contributed by atoms with Crippen LogP contribution < -0.4 is 10.6 Å². The van der Waals surface area contributed by atoms with Crippen molar-refractivity contribution in [3.05, 3.63) is 21.9 Å². The quantitative estimate of drug-likeness (QED) is 0.852. The second-order valence-corrected chi connectivity index (χ2v) is 4.84. The Kier molecular flexibility index (Phi) is 2.82. The molecule has 0 radical (unpaired) electrons. The smallest absolute Gasteiger partial charge is 0.171 e. The van der Waals surface area contributed by atoms with Crippen molar-refractivity contribution in [2.75, 3.05) is 17.7 Å². The van der Waals surface area contributed by atoms with E-state index in [9.17, 15) is 0 Å². The average Bonchev–Trinajstić information content (AvgIpc) is 2.73. The minimum atomic E-state index is 0.604. The van der Waals surface area contributed by atoms with Gasteiger partial charge in [-0.05, 0) is 13.8 Å². The topological polar surface area (TPSA) is 70.8 Å². The number of aromatic amines is 1. The Bertz CT molecular complexity index is 487. The number of nitrogens with zero attached hydrogens (tertiary/aromatic N) is 3. The maximum absolute atomic E-state index is 5.82. The number of nitrogens with two attached hydrogens (primary N) is 1. The average molecular weight is 237 g/mol. The van der Waals surface area contributed by atoms with Crippen LogP contribution in [0.5, 0.6) is 0 Å². The van der Waals surface area contributed by atoms with Crippen molar-refractivity contribution in [3.63, 3.8) is 0 Å². The van der Waals surface area contributed by atoms with Gasteiger partial charge >= 0.3 is 0 Å². The van der Waals surface area contributed by atoms with Crippen molar-refractivity contribution in [2.45, 2.75) is 20.4 Å². The number of thiazole rings is 1. The fraction of sp³-hybridized carbons (Fsp3) is 0.400. The van der Waals surface area contributed by atoms with E-state index in [1.807, 2.05) is 25.8 Å². The first-order valence-corrected chi connectivity index (χ1v) is 5.88. The normalized spacial score (nSPS) is 10.7. The third-order valence-electron chi connectivity index (χ3n) is 2.26. The van der Waals surface area contributed by atoms with Crippen LogP contribution in [0.4, 0.5) is 11.6 Å². The Morgan fingerprint density at radius 1 is 1.44 bits per heavy atom. The number of aromatic nitrogens is 3. The van der Waals surface area contributed by atoms with Gasteiger partial charge in [-0.3, -0.25) is 0 Å². The molecule has 2 rings (SSSR count). The van der Waals surface area contributed by atoms with Crippen LogP contribution in [0.1, 0.15) is 16.5 Å². The lowest BCUT2D eigenvalue weighted by atomic mass is 10.4. The molecule has 0 atom stereocenters. The fourth-order valence-corrected chi connectivity index (χ4v) is 2.19. The molecule has 86 valence electrons. The van der Waals surface area contributed by atoms with Crippen LogP contribution in [-0.2, 0) is 6.54 Å². The Balaban J connectivity index is 2.14. The van der Waals surface area contributed by atoms with Gasteiger partial charge in [-0.1, -0.05) is 0 Å². The maximum Gasteiger partial charge on any atom is 0.171 e. The summed E-state index contributed by atoms with van der Waals surface area (Å²) in [6.45, 7) is 4.61. The molecular weight excluding hydrogens is 222 g/mol. The summed E-state index contributed by atoms with van der Waals surface area (Å²) in [6.07, 6.45) is 0. The van der Waals surface area contributed by atoms with Crippen molar-refractivity contribution < 1.29 is 0 Å². The van der Waals surface area contributed by atoms with Gasteiger partial charge in [-0.2, -0.15) is 0 Å². The molecule has 2 aromatic rings. The molecule has 2 aromatic heterocycles. The van der Waals surface area contributed by atoms with Crippen molar-refractivity contribution in [2.24, 2.45) is 0 Å². The van der Waals surface area contributed by atoms with Crippen LogP contribution in [0.25, 0.3) is 0 Å². The Hall–Kier alpha value is -1.56. The largest absolute Gasteiger partial charge is 0.382 e. The van der Waals surface area contributed by atoms with Gasteiger partial charge in [-0.15, -0.1) is 11.3 Å². The molecule has 2 heterocycles. The van der Waals surface area contributed by atoms with Gasteiger partial charge in [0, 0.05) is 12.4 Å². The first kappa shape index (κ1) is 10.9. The van der Waals surface area contributed by atoms with E-state index in [0.29, 0.717) is 5.82 Å². The standard InChI is InChI=1S/C10H15N5S/c1-6-12-9(11)10(13-6)15(3)4-8-5-16-7(2)14-8/h5H,4,11H2,1-3H3,(H,12,13). The van der Waals surface area contributed by atoms with Gasteiger partial charge in [0.05, 0.1) is 17.2 Å². The van der Waals surface area contributed by atoms with Crippen molar-refractivity contribution in [1.82, 2.24) is 15.0 Å². The molecule has 0 bridgehead atoms. The number of hydrogen-bond donors (Lipinski definition) is 2. The van der Waals surface area contributed by atoms with Crippen LogP contribution in [0.15, 0.2) is 5.38 Å². The SMILES string of the molecule is Cc1nc(N(C)Cc2csc(C)n2)c(N)[nH]1. The lowest BCUT2D eigenvalue weighted by Gasteiger charge is -2.15. The molecule has 0 saturated heterocycles. The Morgan fingerprint density at radius 2 is 2.19 bits per heavy atom. The van der Waals surface area contributed by atoms with E-state index in [1.165, 1.54) is 0 Å². The minimum Gasteiger partial charge on any atom is -0.382 e. The molecule has 0 unspecified atom stereocenters. The van der Waals surface area contributed by atoms with Gasteiger partial charge in [0.15, 0.2) is 5.82 Å². The van der Waals surface area contributed by atoms with Crippen molar-refractivity contribution in [3.8, 4) is 0 Å². The number of H-pyrrole nitrogens is 1. The van der Waals surface area contributed by atoms with E-state index in [-0.39, 0.29) is 0 Å². The minimum absolute atomic E-state index is 0.604. The molecule has 0 aliphatic rings. The number of hydrogen-bond acceptors (Lipinski definition) is 5. The molecule has 6 heteroatoms. The van der Waals surface area contributed by atoms with Crippen molar-refractivity contribution in [1.29, 1.82) is 0 Å². The van der Waals surface area contributed by atoms with Crippen LogP contribution in [0.3, 0.4) is 0 Å². The van der Waals surface area contributed by atoms with E-state index in [4.69, 9.17) is 5.73 Å². The lowest BCUT2D eigenvalue weighted by molar-refractivity contribution is 0.874. The summed E-state index contributed by atoms with van der Waals surface area (Å²) in [5.74, 6) is 2.21. The molecule has 0 amide bonds. The summed E-state index contributed by atoms with van der Waals surface area (Å²) >= 11 is 1.65. The summed E-state index contributed by atoms with van der Waals surface area (Å²) in [6, 6.07) is 0. The number of aryl methyl sites for hydroxylation is 2. The number of nitrogen functional groups attached to an aromatic ring is 1. The molecule has 0 fully saturated rings. The zero-order valence-electron chi connectivity index (χ0n) is 9.61. The molecular formula is C10H15N5S. The molecule has 0 aromatic carbocycles. The summed E-state index contributed by atoms with van der Waals surface area (Å²) in [5.41, 5.74) is 6.87. The first-order chi connectivity index (χ1) is 7.56. The molecule has 0 saturated carbocycles. The summed E-state index contributed by atoms with van der Waals surface area (Å²) in [7, 11) is 1.96. The highest BCUT2D eigenvalue weighted by Gasteiger charge is 2.11. The highest BCUT2D eigenvalue weighted by molar-refractivity contribution is 7.09. The number of anilines is 2. The monoisotopic (exact) mass is 237 g/mol. The van der Waals surface area contributed by atoms with Gasteiger partial charge in [-0.25, -0.2) is 9.97 Å².